The van der Waals surface area contributed by atoms with Crippen LogP contribution in [-0.4, -0.2) is 23.1 Å². The van der Waals surface area contributed by atoms with Gasteiger partial charge >= 0.3 is 0 Å². The third kappa shape index (κ3) is 2.93. The molecule has 0 aliphatic carbocycles. The molecule has 5 heterocycles. The molecule has 0 amide bonds. The van der Waals surface area contributed by atoms with Crippen molar-refractivity contribution in [2.24, 2.45) is 0 Å². The Balaban J connectivity index is 1.72. The van der Waals surface area contributed by atoms with E-state index in [0.717, 1.165) is 69.8 Å². The number of nitriles is 1. The van der Waals surface area contributed by atoms with E-state index in [-0.39, 0.29) is 5.56 Å². The molecule has 4 aromatic rings. The molecule has 6 nitrogen and oxygen atoms in total. The maximum absolute atomic E-state index is 14.7. The Bertz CT molecular complexity index is 1480. The summed E-state index contributed by atoms with van der Waals surface area (Å²) in [4.78, 5) is 12.0. The minimum Gasteiger partial charge on any atom is -0.389 e. The number of hydrogen-bond acceptors (Lipinski definition) is 7. The van der Waals surface area contributed by atoms with Crippen molar-refractivity contribution in [2.75, 3.05) is 23.7 Å². The normalized spacial score (nSPS) is 15.5. The van der Waals surface area contributed by atoms with Crippen molar-refractivity contribution in [3.8, 4) is 17.3 Å². The summed E-state index contributed by atoms with van der Waals surface area (Å²) in [6.07, 6.45) is 4.31. The van der Waals surface area contributed by atoms with Gasteiger partial charge in [0.15, 0.2) is 5.82 Å². The lowest BCUT2D eigenvalue weighted by Gasteiger charge is -2.21. The molecule has 2 aliphatic heterocycles. The Kier molecular flexibility index (Phi) is 4.71. The van der Waals surface area contributed by atoms with Crippen molar-refractivity contribution >= 4 is 43.1 Å². The van der Waals surface area contributed by atoms with Crippen LogP contribution in [0.4, 0.5) is 15.2 Å². The van der Waals surface area contributed by atoms with Gasteiger partial charge in [-0.15, -0.1) is 11.3 Å². The molecular formula is C25H22FN5OS. The fourth-order valence-electron chi connectivity index (χ4n) is 5.26. The molecule has 2 N–H and O–H groups in total. The molecule has 0 saturated carbocycles. The Morgan fingerprint density at radius 2 is 2.03 bits per heavy atom. The molecule has 3 aromatic heterocycles. The predicted octanol–water partition coefficient (Wildman–Crippen LogP) is 5.30. The smallest absolute Gasteiger partial charge is 0.159 e. The van der Waals surface area contributed by atoms with E-state index in [1.807, 2.05) is 0 Å². The number of thiophene rings is 1. The third-order valence-corrected chi connectivity index (χ3v) is 7.81. The van der Waals surface area contributed by atoms with E-state index in [4.69, 9.17) is 15.5 Å². The summed E-state index contributed by atoms with van der Waals surface area (Å²) in [5, 5.41) is 11.7. The average Bonchev–Trinajstić information content (AvgIpc) is 3.58. The molecule has 0 spiro atoms. The summed E-state index contributed by atoms with van der Waals surface area (Å²) < 4.78 is 20.9. The second-order valence-electron chi connectivity index (χ2n) is 8.53. The minimum absolute atomic E-state index is 0.283. The van der Waals surface area contributed by atoms with E-state index in [1.165, 1.54) is 19.0 Å². The number of pyridine rings is 2. The number of ether oxygens (including phenoxy) is 1. The zero-order valence-corrected chi connectivity index (χ0v) is 19.1. The van der Waals surface area contributed by atoms with Gasteiger partial charge in [-0.3, -0.25) is 4.98 Å². The van der Waals surface area contributed by atoms with Gasteiger partial charge in [0, 0.05) is 29.4 Å². The van der Waals surface area contributed by atoms with Gasteiger partial charge < -0.3 is 15.4 Å². The Labute approximate surface area is 194 Å². The Morgan fingerprint density at radius 3 is 2.79 bits per heavy atom. The fraction of sp³-hybridized carbons (Fsp3) is 0.320. The van der Waals surface area contributed by atoms with E-state index in [2.05, 4.69) is 35.0 Å². The highest BCUT2D eigenvalue weighted by Gasteiger charge is 2.29. The van der Waals surface area contributed by atoms with E-state index in [0.29, 0.717) is 34.0 Å². The van der Waals surface area contributed by atoms with E-state index in [1.54, 1.807) is 0 Å². The number of benzene rings is 1. The lowest BCUT2D eigenvalue weighted by molar-refractivity contribution is 0.135. The van der Waals surface area contributed by atoms with Gasteiger partial charge in [0.1, 0.15) is 16.9 Å². The van der Waals surface area contributed by atoms with Crippen molar-refractivity contribution in [3.63, 3.8) is 0 Å². The molecular weight excluding hydrogens is 437 g/mol. The molecule has 0 atom stereocenters. The number of anilines is 2. The first-order valence-corrected chi connectivity index (χ1v) is 12.0. The standard InChI is InChI=1S/C25H22FN5OS/c1-2-13-20(23-21-15(9-27)25(28)33-24(21)18(26)10-29-23)17-12-32-11-16(17)14-5-6-19(30-22(13)14)31-7-3-4-8-31/h5-6,10H,2-4,7-8,11-12,28H2,1H3. The summed E-state index contributed by atoms with van der Waals surface area (Å²) in [5.74, 6) is 0.516. The first-order chi connectivity index (χ1) is 16.1. The van der Waals surface area contributed by atoms with Crippen LogP contribution in [0.3, 0.4) is 0 Å². The van der Waals surface area contributed by atoms with Crippen LogP contribution in [0, 0.1) is 17.1 Å². The minimum atomic E-state index is -0.465. The number of nitrogens with two attached hydrogens (primary N) is 1. The summed E-state index contributed by atoms with van der Waals surface area (Å²) >= 11 is 1.10. The van der Waals surface area contributed by atoms with Gasteiger partial charge in [0.05, 0.1) is 40.9 Å². The largest absolute Gasteiger partial charge is 0.389 e. The van der Waals surface area contributed by atoms with Crippen LogP contribution >= 0.6 is 11.3 Å². The number of aromatic nitrogens is 2. The van der Waals surface area contributed by atoms with Gasteiger partial charge in [-0.25, -0.2) is 9.37 Å². The quantitative estimate of drug-likeness (QED) is 0.447. The van der Waals surface area contributed by atoms with Crippen LogP contribution in [0.1, 0.15) is 42.0 Å². The number of hydrogen-bond donors (Lipinski definition) is 1. The first kappa shape index (κ1) is 20.3. The molecule has 0 radical (unpaired) electrons. The average molecular weight is 460 g/mol. The van der Waals surface area contributed by atoms with Crippen LogP contribution < -0.4 is 10.6 Å². The van der Waals surface area contributed by atoms with Gasteiger partial charge in [-0.1, -0.05) is 6.92 Å². The molecule has 166 valence electrons. The predicted molar refractivity (Wildman–Crippen MR) is 129 cm³/mol. The monoisotopic (exact) mass is 459 g/mol. The van der Waals surface area contributed by atoms with Gasteiger partial charge in [0.2, 0.25) is 0 Å². The molecule has 33 heavy (non-hydrogen) atoms. The van der Waals surface area contributed by atoms with Gasteiger partial charge in [-0.2, -0.15) is 5.26 Å². The molecule has 0 unspecified atom stereocenters. The van der Waals surface area contributed by atoms with Crippen molar-refractivity contribution < 1.29 is 9.13 Å². The fourth-order valence-corrected chi connectivity index (χ4v) is 6.18. The molecule has 1 aromatic carbocycles. The highest BCUT2D eigenvalue weighted by molar-refractivity contribution is 7.23. The Hall–Kier alpha value is -3.28. The number of fused-ring (bicyclic) bond motifs is 4. The molecule has 0 bridgehead atoms. The SMILES string of the molecule is CCc1c(-c2ncc(F)c3sc(N)c(C#N)c23)c2c(c3ccc(N4CCCC4)nc13)COC2. The second kappa shape index (κ2) is 7.65. The van der Waals surface area contributed by atoms with Crippen LogP contribution in [-0.2, 0) is 24.4 Å². The van der Waals surface area contributed by atoms with Crippen LogP contribution in [0.25, 0.3) is 32.2 Å². The second-order valence-corrected chi connectivity index (χ2v) is 9.58. The van der Waals surface area contributed by atoms with E-state index >= 15 is 0 Å². The van der Waals surface area contributed by atoms with Gasteiger partial charge in [-0.05, 0) is 48.1 Å². The number of aryl methyl sites for hydroxylation is 1. The van der Waals surface area contributed by atoms with Crippen LogP contribution in [0.5, 0.6) is 0 Å². The van der Waals surface area contributed by atoms with Gasteiger partial charge in [0.25, 0.3) is 0 Å². The maximum atomic E-state index is 14.7. The van der Waals surface area contributed by atoms with Crippen LogP contribution in [0.2, 0.25) is 0 Å². The van der Waals surface area contributed by atoms with Crippen molar-refractivity contribution in [1.29, 1.82) is 5.26 Å². The Morgan fingerprint density at radius 1 is 1.24 bits per heavy atom. The highest BCUT2D eigenvalue weighted by Crippen LogP contribution is 2.45. The summed E-state index contributed by atoms with van der Waals surface area (Å²) in [6, 6.07) is 6.43. The zero-order chi connectivity index (χ0) is 22.7. The molecule has 1 fully saturated rings. The summed E-state index contributed by atoms with van der Waals surface area (Å²) in [6.45, 7) is 5.07. The number of nitrogen functional groups attached to an aromatic ring is 1. The number of nitrogens with zero attached hydrogens (tertiary/aromatic N) is 4. The highest BCUT2D eigenvalue weighted by atomic mass is 32.1. The van der Waals surface area contributed by atoms with Crippen molar-refractivity contribution in [3.05, 3.63) is 46.4 Å². The zero-order valence-electron chi connectivity index (χ0n) is 18.2. The molecule has 8 heteroatoms. The summed E-state index contributed by atoms with van der Waals surface area (Å²) in [5.41, 5.74) is 12.0. The molecule has 1 saturated heterocycles. The van der Waals surface area contributed by atoms with E-state index < -0.39 is 5.82 Å². The van der Waals surface area contributed by atoms with Crippen molar-refractivity contribution in [2.45, 2.75) is 39.4 Å². The summed E-state index contributed by atoms with van der Waals surface area (Å²) in [7, 11) is 0. The number of rotatable bonds is 3. The lowest BCUT2D eigenvalue weighted by Crippen LogP contribution is -2.19. The third-order valence-electron chi connectivity index (χ3n) is 6.78. The van der Waals surface area contributed by atoms with Crippen LogP contribution in [0.15, 0.2) is 18.3 Å². The first-order valence-electron chi connectivity index (χ1n) is 11.2. The van der Waals surface area contributed by atoms with Crippen molar-refractivity contribution in [1.82, 2.24) is 9.97 Å². The maximum Gasteiger partial charge on any atom is 0.159 e. The lowest BCUT2D eigenvalue weighted by atomic mass is 9.88. The molecule has 2 aliphatic rings. The number of halogens is 1. The van der Waals surface area contributed by atoms with E-state index in [9.17, 15) is 9.65 Å². The topological polar surface area (TPSA) is 88.1 Å². The molecule has 6 rings (SSSR count).